The molecule has 0 spiro atoms. The van der Waals surface area contributed by atoms with Gasteiger partial charge in [-0.05, 0) is 12.8 Å². The minimum atomic E-state index is -0.481. The van der Waals surface area contributed by atoms with E-state index in [-0.39, 0.29) is 30.8 Å². The van der Waals surface area contributed by atoms with Gasteiger partial charge in [-0.2, -0.15) is 15.0 Å². The number of nitrogens with zero attached hydrogens (tertiary/aromatic N) is 5. The molecule has 0 atom stereocenters. The molecule has 9 nitrogen and oxygen atoms in total. The van der Waals surface area contributed by atoms with Crippen molar-refractivity contribution >= 4 is 23.8 Å². The SMILES string of the molecule is CN(C)c1nc(N)nc(COC(=O)CN2CCCCCC2=O)n1. The number of esters is 1. The van der Waals surface area contributed by atoms with Crippen LogP contribution < -0.4 is 10.6 Å². The molecular formula is C14H22N6O3. The van der Waals surface area contributed by atoms with Crippen LogP contribution in [-0.2, 0) is 20.9 Å². The van der Waals surface area contributed by atoms with Crippen LogP contribution in [0.25, 0.3) is 0 Å². The van der Waals surface area contributed by atoms with Crippen molar-refractivity contribution < 1.29 is 14.3 Å². The Hall–Kier alpha value is -2.45. The van der Waals surface area contributed by atoms with E-state index in [0.717, 1.165) is 19.3 Å². The van der Waals surface area contributed by atoms with Crippen LogP contribution in [-0.4, -0.2) is 58.9 Å². The number of nitrogen functional groups attached to an aromatic ring is 1. The number of anilines is 2. The molecule has 1 aromatic heterocycles. The number of hydrogen-bond donors (Lipinski definition) is 1. The van der Waals surface area contributed by atoms with Crippen molar-refractivity contribution in [3.05, 3.63) is 5.82 Å². The third-order valence-electron chi connectivity index (χ3n) is 3.44. The number of nitrogens with two attached hydrogens (primary N) is 1. The number of amides is 1. The Morgan fingerprint density at radius 2 is 2.04 bits per heavy atom. The Labute approximate surface area is 134 Å². The summed E-state index contributed by atoms with van der Waals surface area (Å²) in [6.45, 7) is 0.450. The van der Waals surface area contributed by atoms with Crippen LogP contribution >= 0.6 is 0 Å². The molecule has 1 amide bonds. The fraction of sp³-hybridized carbons (Fsp3) is 0.643. The highest BCUT2D eigenvalue weighted by atomic mass is 16.5. The lowest BCUT2D eigenvalue weighted by molar-refractivity contribution is -0.150. The van der Waals surface area contributed by atoms with Crippen LogP contribution in [0.4, 0.5) is 11.9 Å². The Balaban J connectivity index is 1.90. The Kier molecular flexibility index (Phi) is 5.67. The van der Waals surface area contributed by atoms with E-state index in [2.05, 4.69) is 15.0 Å². The Morgan fingerprint density at radius 3 is 2.78 bits per heavy atom. The predicted molar refractivity (Wildman–Crippen MR) is 83.4 cm³/mol. The second kappa shape index (κ2) is 7.70. The zero-order valence-corrected chi connectivity index (χ0v) is 13.5. The highest BCUT2D eigenvalue weighted by Crippen LogP contribution is 2.11. The summed E-state index contributed by atoms with van der Waals surface area (Å²) < 4.78 is 5.15. The molecule has 1 aliphatic heterocycles. The average molecular weight is 322 g/mol. The lowest BCUT2D eigenvalue weighted by atomic mass is 10.2. The van der Waals surface area contributed by atoms with Gasteiger partial charge in [0.25, 0.3) is 0 Å². The van der Waals surface area contributed by atoms with E-state index in [1.165, 1.54) is 0 Å². The maximum Gasteiger partial charge on any atom is 0.326 e. The molecule has 9 heteroatoms. The quantitative estimate of drug-likeness (QED) is 0.751. The highest BCUT2D eigenvalue weighted by Gasteiger charge is 2.20. The first-order valence-corrected chi connectivity index (χ1v) is 7.57. The van der Waals surface area contributed by atoms with E-state index >= 15 is 0 Å². The summed E-state index contributed by atoms with van der Waals surface area (Å²) in [6.07, 6.45) is 3.29. The number of carbonyl (C=O) groups excluding carboxylic acids is 2. The smallest absolute Gasteiger partial charge is 0.326 e. The van der Waals surface area contributed by atoms with Crippen LogP contribution in [0.15, 0.2) is 0 Å². The molecule has 0 aliphatic carbocycles. The maximum absolute atomic E-state index is 11.9. The van der Waals surface area contributed by atoms with Gasteiger partial charge in [-0.1, -0.05) is 6.42 Å². The van der Waals surface area contributed by atoms with Gasteiger partial charge in [-0.25, -0.2) is 0 Å². The van der Waals surface area contributed by atoms with Gasteiger partial charge >= 0.3 is 5.97 Å². The molecule has 1 aromatic rings. The van der Waals surface area contributed by atoms with Crippen LogP contribution in [0.5, 0.6) is 0 Å². The number of likely N-dealkylation sites (tertiary alicyclic amines) is 1. The fourth-order valence-corrected chi connectivity index (χ4v) is 2.24. The molecule has 126 valence electrons. The lowest BCUT2D eigenvalue weighted by Crippen LogP contribution is -2.36. The molecule has 0 bridgehead atoms. The van der Waals surface area contributed by atoms with Crippen molar-refractivity contribution in [2.75, 3.05) is 37.8 Å². The van der Waals surface area contributed by atoms with Crippen molar-refractivity contribution in [2.24, 2.45) is 0 Å². The van der Waals surface area contributed by atoms with Gasteiger partial charge in [-0.15, -0.1) is 0 Å². The molecule has 2 heterocycles. The van der Waals surface area contributed by atoms with E-state index in [1.54, 1.807) is 23.9 Å². The van der Waals surface area contributed by atoms with E-state index in [9.17, 15) is 9.59 Å². The molecule has 2 rings (SSSR count). The minimum Gasteiger partial charge on any atom is -0.456 e. The molecule has 23 heavy (non-hydrogen) atoms. The van der Waals surface area contributed by atoms with E-state index < -0.39 is 5.97 Å². The molecule has 0 saturated carbocycles. The topological polar surface area (TPSA) is 115 Å². The zero-order valence-electron chi connectivity index (χ0n) is 13.5. The van der Waals surface area contributed by atoms with Gasteiger partial charge in [0.15, 0.2) is 12.4 Å². The molecule has 0 unspecified atom stereocenters. The van der Waals surface area contributed by atoms with Crippen molar-refractivity contribution in [3.63, 3.8) is 0 Å². The van der Waals surface area contributed by atoms with E-state index in [0.29, 0.717) is 18.9 Å². The third kappa shape index (κ3) is 5.04. The van der Waals surface area contributed by atoms with Gasteiger partial charge in [-0.3, -0.25) is 9.59 Å². The standard InChI is InChI=1S/C14H22N6O3/c1-19(2)14-17-10(16-13(15)18-14)9-23-12(22)8-20-7-5-3-4-6-11(20)21/h3-9H2,1-2H3,(H2,15,16,17,18). The fourth-order valence-electron chi connectivity index (χ4n) is 2.24. The summed E-state index contributed by atoms with van der Waals surface area (Å²) in [6, 6.07) is 0. The minimum absolute atomic E-state index is 0.00116. The second-order valence-corrected chi connectivity index (χ2v) is 5.59. The van der Waals surface area contributed by atoms with Crippen molar-refractivity contribution in [2.45, 2.75) is 32.3 Å². The third-order valence-corrected chi connectivity index (χ3v) is 3.44. The summed E-state index contributed by atoms with van der Waals surface area (Å²) in [5.41, 5.74) is 5.61. The molecule has 1 aliphatic rings. The lowest BCUT2D eigenvalue weighted by Gasteiger charge is -2.19. The number of hydrogen-bond acceptors (Lipinski definition) is 8. The largest absolute Gasteiger partial charge is 0.456 e. The van der Waals surface area contributed by atoms with Crippen molar-refractivity contribution in [3.8, 4) is 0 Å². The number of aromatic nitrogens is 3. The van der Waals surface area contributed by atoms with Gasteiger partial charge in [0.1, 0.15) is 6.54 Å². The molecule has 1 fully saturated rings. The zero-order chi connectivity index (χ0) is 16.8. The first kappa shape index (κ1) is 16.9. The van der Waals surface area contributed by atoms with Crippen LogP contribution in [0.1, 0.15) is 31.5 Å². The summed E-state index contributed by atoms with van der Waals surface area (Å²) in [5, 5.41) is 0. The predicted octanol–water partition coefficient (Wildman–Crippen LogP) is -0.0344. The second-order valence-electron chi connectivity index (χ2n) is 5.59. The van der Waals surface area contributed by atoms with Crippen molar-refractivity contribution in [1.29, 1.82) is 0 Å². The molecular weight excluding hydrogens is 300 g/mol. The van der Waals surface area contributed by atoms with Crippen LogP contribution in [0.3, 0.4) is 0 Å². The summed E-state index contributed by atoms with van der Waals surface area (Å²) in [4.78, 5) is 39.0. The normalized spacial score (nSPS) is 15.2. The summed E-state index contributed by atoms with van der Waals surface area (Å²) >= 11 is 0. The van der Waals surface area contributed by atoms with Gasteiger partial charge < -0.3 is 20.3 Å². The first-order chi connectivity index (χ1) is 11.0. The van der Waals surface area contributed by atoms with Gasteiger partial charge in [0.2, 0.25) is 17.8 Å². The Morgan fingerprint density at radius 1 is 1.26 bits per heavy atom. The van der Waals surface area contributed by atoms with Crippen LogP contribution in [0.2, 0.25) is 0 Å². The van der Waals surface area contributed by atoms with Gasteiger partial charge in [0.05, 0.1) is 0 Å². The van der Waals surface area contributed by atoms with E-state index in [4.69, 9.17) is 10.5 Å². The molecule has 0 radical (unpaired) electrons. The molecule has 0 aromatic carbocycles. The van der Waals surface area contributed by atoms with Crippen molar-refractivity contribution in [1.82, 2.24) is 19.9 Å². The Bertz CT molecular complexity index is 578. The molecule has 2 N–H and O–H groups in total. The number of rotatable bonds is 5. The number of ether oxygens (including phenoxy) is 1. The van der Waals surface area contributed by atoms with Gasteiger partial charge in [0, 0.05) is 27.1 Å². The molecule has 1 saturated heterocycles. The summed E-state index contributed by atoms with van der Waals surface area (Å²) in [5.74, 6) is 0.254. The summed E-state index contributed by atoms with van der Waals surface area (Å²) in [7, 11) is 3.55. The monoisotopic (exact) mass is 322 g/mol. The maximum atomic E-state index is 11.9. The number of carbonyl (C=O) groups is 2. The van der Waals surface area contributed by atoms with E-state index in [1.807, 2.05) is 0 Å². The van der Waals surface area contributed by atoms with Crippen LogP contribution in [0, 0.1) is 0 Å². The average Bonchev–Trinajstić information content (AvgIpc) is 2.70. The highest BCUT2D eigenvalue weighted by molar-refractivity contribution is 5.82. The first-order valence-electron chi connectivity index (χ1n) is 7.57.